The molecule has 0 aliphatic heterocycles. The number of benzene rings is 1. The highest BCUT2D eigenvalue weighted by Gasteiger charge is 2.22. The fourth-order valence-electron chi connectivity index (χ4n) is 2.40. The van der Waals surface area contributed by atoms with Gasteiger partial charge in [-0.15, -0.1) is 0 Å². The van der Waals surface area contributed by atoms with Crippen LogP contribution in [0.4, 0.5) is 0 Å². The van der Waals surface area contributed by atoms with Gasteiger partial charge < -0.3 is 10.5 Å². The molecule has 0 aromatic heterocycles. The first-order valence-electron chi connectivity index (χ1n) is 6.28. The van der Waals surface area contributed by atoms with Gasteiger partial charge in [0.05, 0.1) is 12.2 Å². The molecule has 0 amide bonds. The number of hydrogen-bond acceptors (Lipinski definition) is 2. The molecule has 0 saturated carbocycles. The van der Waals surface area contributed by atoms with Gasteiger partial charge in [-0.05, 0) is 36.8 Å². The summed E-state index contributed by atoms with van der Waals surface area (Å²) in [7, 11) is 0. The summed E-state index contributed by atoms with van der Waals surface area (Å²) in [5.41, 5.74) is 8.52. The second kappa shape index (κ2) is 5.46. The molecule has 2 atom stereocenters. The lowest BCUT2D eigenvalue weighted by Gasteiger charge is -2.29. The predicted octanol–water partition coefficient (Wildman–Crippen LogP) is 2.82. The molecule has 0 spiro atoms. The van der Waals surface area contributed by atoms with Crippen LogP contribution in [0, 0.1) is 0 Å². The third-order valence-electron chi connectivity index (χ3n) is 3.39. The van der Waals surface area contributed by atoms with Gasteiger partial charge in [0, 0.05) is 6.54 Å². The quantitative estimate of drug-likeness (QED) is 0.845. The fraction of sp³-hybridized carbons (Fsp3) is 0.571. The topological polar surface area (TPSA) is 35.2 Å². The molecule has 0 bridgehead atoms. The van der Waals surface area contributed by atoms with Crippen LogP contribution in [0.3, 0.4) is 0 Å². The lowest BCUT2D eigenvalue weighted by Crippen LogP contribution is -2.26. The van der Waals surface area contributed by atoms with Crippen molar-refractivity contribution < 1.29 is 4.74 Å². The van der Waals surface area contributed by atoms with Crippen LogP contribution in [0.1, 0.15) is 43.4 Å². The van der Waals surface area contributed by atoms with Crippen LogP contribution in [0.2, 0.25) is 0 Å². The first-order chi connectivity index (χ1) is 7.85. The van der Waals surface area contributed by atoms with Crippen LogP contribution in [0.25, 0.3) is 0 Å². The molecule has 1 aromatic carbocycles. The van der Waals surface area contributed by atoms with Crippen molar-refractivity contribution in [3.63, 3.8) is 0 Å². The van der Waals surface area contributed by atoms with Gasteiger partial charge in [0.1, 0.15) is 0 Å². The van der Waals surface area contributed by atoms with E-state index in [-0.39, 0.29) is 12.2 Å². The van der Waals surface area contributed by atoms with Crippen LogP contribution in [-0.2, 0) is 11.2 Å². The highest BCUT2D eigenvalue weighted by atomic mass is 16.5. The first-order valence-corrected chi connectivity index (χ1v) is 6.28. The SMILES string of the molecule is CCC(CN)OC1CCCc2ccccc21. The van der Waals surface area contributed by atoms with E-state index < -0.39 is 0 Å². The molecular weight excluding hydrogens is 198 g/mol. The highest BCUT2D eigenvalue weighted by molar-refractivity contribution is 5.31. The Balaban J connectivity index is 2.12. The molecule has 2 N–H and O–H groups in total. The number of ether oxygens (including phenoxy) is 1. The highest BCUT2D eigenvalue weighted by Crippen LogP contribution is 2.33. The second-order valence-corrected chi connectivity index (χ2v) is 4.48. The van der Waals surface area contributed by atoms with Gasteiger partial charge in [0.25, 0.3) is 0 Å². The van der Waals surface area contributed by atoms with E-state index in [1.165, 1.54) is 24.0 Å². The number of nitrogens with two attached hydrogens (primary N) is 1. The van der Waals surface area contributed by atoms with E-state index in [1.54, 1.807) is 0 Å². The van der Waals surface area contributed by atoms with Gasteiger partial charge in [0.2, 0.25) is 0 Å². The van der Waals surface area contributed by atoms with Gasteiger partial charge in [-0.2, -0.15) is 0 Å². The number of aryl methyl sites for hydroxylation is 1. The van der Waals surface area contributed by atoms with Crippen molar-refractivity contribution in [2.75, 3.05) is 6.54 Å². The van der Waals surface area contributed by atoms with Crippen molar-refractivity contribution in [2.45, 2.75) is 44.8 Å². The van der Waals surface area contributed by atoms with Gasteiger partial charge in [0.15, 0.2) is 0 Å². The predicted molar refractivity (Wildman–Crippen MR) is 66.3 cm³/mol. The zero-order chi connectivity index (χ0) is 11.4. The fourth-order valence-corrected chi connectivity index (χ4v) is 2.40. The Hall–Kier alpha value is -0.860. The molecular formula is C14H21NO. The summed E-state index contributed by atoms with van der Waals surface area (Å²) in [6.07, 6.45) is 5.01. The first kappa shape index (κ1) is 11.6. The minimum atomic E-state index is 0.205. The summed E-state index contributed by atoms with van der Waals surface area (Å²) >= 11 is 0. The van der Waals surface area contributed by atoms with Crippen LogP contribution in [0.5, 0.6) is 0 Å². The van der Waals surface area contributed by atoms with E-state index in [2.05, 4.69) is 31.2 Å². The van der Waals surface area contributed by atoms with E-state index >= 15 is 0 Å². The normalized spacial score (nSPS) is 21.5. The Morgan fingerprint density at radius 3 is 3.00 bits per heavy atom. The molecule has 2 nitrogen and oxygen atoms in total. The van der Waals surface area contributed by atoms with Gasteiger partial charge in [-0.3, -0.25) is 0 Å². The van der Waals surface area contributed by atoms with E-state index in [4.69, 9.17) is 10.5 Å². The van der Waals surface area contributed by atoms with Crippen LogP contribution in [-0.4, -0.2) is 12.6 Å². The molecule has 0 heterocycles. The lowest BCUT2D eigenvalue weighted by molar-refractivity contribution is -0.0190. The third-order valence-corrected chi connectivity index (χ3v) is 3.39. The Bertz CT molecular complexity index is 333. The average molecular weight is 219 g/mol. The Morgan fingerprint density at radius 1 is 1.44 bits per heavy atom. The average Bonchev–Trinajstić information content (AvgIpc) is 2.36. The molecule has 2 heteroatoms. The van der Waals surface area contributed by atoms with Gasteiger partial charge >= 0.3 is 0 Å². The standard InChI is InChI=1S/C14H21NO/c1-2-12(10-15)16-14-9-5-7-11-6-3-4-8-13(11)14/h3-4,6,8,12,14H,2,5,7,9-10,15H2,1H3. The third kappa shape index (κ3) is 2.45. The molecule has 0 radical (unpaired) electrons. The molecule has 2 rings (SSSR count). The van der Waals surface area contributed by atoms with Crippen molar-refractivity contribution in [1.29, 1.82) is 0 Å². The largest absolute Gasteiger partial charge is 0.369 e. The maximum absolute atomic E-state index is 6.09. The lowest BCUT2D eigenvalue weighted by atomic mass is 9.89. The van der Waals surface area contributed by atoms with Gasteiger partial charge in [-0.25, -0.2) is 0 Å². The van der Waals surface area contributed by atoms with Gasteiger partial charge in [-0.1, -0.05) is 31.2 Å². The summed E-state index contributed by atoms with van der Waals surface area (Å²) in [5, 5.41) is 0. The monoisotopic (exact) mass is 219 g/mol. The number of rotatable bonds is 4. The maximum Gasteiger partial charge on any atom is 0.0832 e. The van der Waals surface area contributed by atoms with Crippen molar-refractivity contribution in [1.82, 2.24) is 0 Å². The smallest absolute Gasteiger partial charge is 0.0832 e. The molecule has 88 valence electrons. The van der Waals surface area contributed by atoms with Crippen molar-refractivity contribution >= 4 is 0 Å². The van der Waals surface area contributed by atoms with Crippen molar-refractivity contribution in [2.24, 2.45) is 5.73 Å². The Morgan fingerprint density at radius 2 is 2.25 bits per heavy atom. The maximum atomic E-state index is 6.09. The van der Waals surface area contributed by atoms with Crippen molar-refractivity contribution in [3.8, 4) is 0 Å². The molecule has 1 aliphatic rings. The van der Waals surface area contributed by atoms with E-state index in [9.17, 15) is 0 Å². The minimum Gasteiger partial charge on any atom is -0.369 e. The van der Waals surface area contributed by atoms with Crippen LogP contribution in [0.15, 0.2) is 24.3 Å². The summed E-state index contributed by atoms with van der Waals surface area (Å²) in [6.45, 7) is 2.75. The summed E-state index contributed by atoms with van der Waals surface area (Å²) in [6, 6.07) is 8.63. The molecule has 1 aliphatic carbocycles. The number of hydrogen-bond donors (Lipinski definition) is 1. The summed E-state index contributed by atoms with van der Waals surface area (Å²) < 4.78 is 6.09. The summed E-state index contributed by atoms with van der Waals surface area (Å²) in [4.78, 5) is 0. The zero-order valence-corrected chi connectivity index (χ0v) is 9.99. The second-order valence-electron chi connectivity index (χ2n) is 4.48. The number of fused-ring (bicyclic) bond motifs is 1. The van der Waals surface area contributed by atoms with E-state index in [0.29, 0.717) is 6.54 Å². The molecule has 0 fully saturated rings. The molecule has 0 saturated heterocycles. The molecule has 16 heavy (non-hydrogen) atoms. The van der Waals surface area contributed by atoms with E-state index in [1.807, 2.05) is 0 Å². The Kier molecular flexibility index (Phi) is 3.97. The van der Waals surface area contributed by atoms with Crippen LogP contribution >= 0.6 is 0 Å². The van der Waals surface area contributed by atoms with E-state index in [0.717, 1.165) is 12.8 Å². The minimum absolute atomic E-state index is 0.205. The Labute approximate surface area is 97.8 Å². The van der Waals surface area contributed by atoms with Crippen molar-refractivity contribution in [3.05, 3.63) is 35.4 Å². The molecule has 1 aromatic rings. The zero-order valence-electron chi connectivity index (χ0n) is 9.99. The van der Waals surface area contributed by atoms with Crippen LogP contribution < -0.4 is 5.73 Å². The molecule has 2 unspecified atom stereocenters. The summed E-state index contributed by atoms with van der Waals surface area (Å²) in [5.74, 6) is 0.